The van der Waals surface area contributed by atoms with Gasteiger partial charge in [-0.2, -0.15) is 13.2 Å². The molecule has 0 radical (unpaired) electrons. The van der Waals surface area contributed by atoms with E-state index < -0.39 is 12.6 Å². The zero-order chi connectivity index (χ0) is 20.9. The summed E-state index contributed by atoms with van der Waals surface area (Å²) in [4.78, 5) is 12.4. The highest BCUT2D eigenvalue weighted by molar-refractivity contribution is 5.75. The van der Waals surface area contributed by atoms with Crippen LogP contribution in [0.2, 0.25) is 0 Å². The van der Waals surface area contributed by atoms with Crippen molar-refractivity contribution < 1.29 is 27.8 Å². The van der Waals surface area contributed by atoms with Crippen molar-refractivity contribution in [3.63, 3.8) is 0 Å². The third-order valence-electron chi connectivity index (χ3n) is 6.79. The van der Waals surface area contributed by atoms with E-state index in [-0.39, 0.29) is 24.1 Å². The van der Waals surface area contributed by atoms with Crippen LogP contribution in [0, 0.1) is 23.7 Å². The average Bonchev–Trinajstić information content (AvgIpc) is 2.69. The number of aromatic hydroxyl groups is 1. The third-order valence-corrected chi connectivity index (χ3v) is 6.79. The Morgan fingerprint density at radius 1 is 0.931 bits per heavy atom. The van der Waals surface area contributed by atoms with Crippen LogP contribution in [0.3, 0.4) is 0 Å². The number of hydrogen-bond acceptors (Lipinski definition) is 3. The molecule has 3 nitrogen and oxygen atoms in total. The number of carbonyl (C=O) groups is 1. The predicted octanol–water partition coefficient (Wildman–Crippen LogP) is 6.64. The minimum Gasteiger partial charge on any atom is -0.508 e. The molecule has 162 valence electrons. The van der Waals surface area contributed by atoms with Gasteiger partial charge in [-0.25, -0.2) is 0 Å². The van der Waals surface area contributed by atoms with Crippen molar-refractivity contribution >= 4 is 5.97 Å². The number of hydrogen-bond donors (Lipinski definition) is 1. The Labute approximate surface area is 170 Å². The van der Waals surface area contributed by atoms with E-state index in [4.69, 9.17) is 4.74 Å². The summed E-state index contributed by atoms with van der Waals surface area (Å²) in [7, 11) is 0. The normalized spacial score (nSPS) is 28.1. The first-order chi connectivity index (χ1) is 13.8. The highest BCUT2D eigenvalue weighted by atomic mass is 19.4. The van der Waals surface area contributed by atoms with Crippen molar-refractivity contribution in [2.45, 2.75) is 76.8 Å². The Hall–Kier alpha value is -1.72. The minimum atomic E-state index is -4.03. The second kappa shape index (κ2) is 9.86. The van der Waals surface area contributed by atoms with Crippen LogP contribution in [0.15, 0.2) is 24.3 Å². The number of phenols is 1. The van der Waals surface area contributed by atoms with Gasteiger partial charge in [0.15, 0.2) is 0 Å². The Morgan fingerprint density at radius 3 is 2.03 bits per heavy atom. The molecule has 0 amide bonds. The summed E-state index contributed by atoms with van der Waals surface area (Å²) in [5.74, 6) is 2.07. The van der Waals surface area contributed by atoms with Crippen LogP contribution in [-0.2, 0) is 4.79 Å². The number of halogens is 3. The summed E-state index contributed by atoms with van der Waals surface area (Å²) < 4.78 is 42.3. The molecule has 6 heteroatoms. The first-order valence-electron chi connectivity index (χ1n) is 10.9. The van der Waals surface area contributed by atoms with E-state index in [1.54, 1.807) is 12.1 Å². The molecule has 2 saturated carbocycles. The summed E-state index contributed by atoms with van der Waals surface area (Å²) >= 11 is 0. The Kier molecular flexibility index (Phi) is 7.47. The SMILES string of the molecule is O=C(Oc1ccc(O)cc1)C1CCC(C2CCC(CCCC(F)(F)F)CC2)CC1. The van der Waals surface area contributed by atoms with Gasteiger partial charge in [0.05, 0.1) is 5.92 Å². The fourth-order valence-electron chi connectivity index (χ4n) is 5.08. The van der Waals surface area contributed by atoms with Gasteiger partial charge in [-0.15, -0.1) is 0 Å². The molecule has 0 aromatic heterocycles. The minimum absolute atomic E-state index is 0.0706. The molecule has 0 atom stereocenters. The van der Waals surface area contributed by atoms with E-state index >= 15 is 0 Å². The zero-order valence-corrected chi connectivity index (χ0v) is 16.8. The number of phenolic OH excluding ortho intramolecular Hbond substituents is 1. The van der Waals surface area contributed by atoms with E-state index in [9.17, 15) is 23.1 Å². The molecule has 2 fully saturated rings. The van der Waals surface area contributed by atoms with Crippen molar-refractivity contribution in [1.82, 2.24) is 0 Å². The molecule has 0 spiro atoms. The molecule has 1 N–H and O–H groups in total. The van der Waals surface area contributed by atoms with Gasteiger partial charge in [0.1, 0.15) is 11.5 Å². The lowest BCUT2D eigenvalue weighted by molar-refractivity contribution is -0.140. The smallest absolute Gasteiger partial charge is 0.389 e. The van der Waals surface area contributed by atoms with Crippen LogP contribution in [0.1, 0.15) is 70.6 Å². The van der Waals surface area contributed by atoms with Crippen molar-refractivity contribution in [1.29, 1.82) is 0 Å². The molecule has 2 aliphatic rings. The molecule has 29 heavy (non-hydrogen) atoms. The molecule has 1 aromatic rings. The van der Waals surface area contributed by atoms with Gasteiger partial charge in [-0.05, 0) is 87.0 Å². The van der Waals surface area contributed by atoms with Crippen LogP contribution in [-0.4, -0.2) is 17.3 Å². The fourth-order valence-corrected chi connectivity index (χ4v) is 5.08. The second-order valence-electron chi connectivity index (χ2n) is 8.81. The van der Waals surface area contributed by atoms with Crippen LogP contribution in [0.4, 0.5) is 13.2 Å². The third kappa shape index (κ3) is 6.93. The van der Waals surface area contributed by atoms with Crippen LogP contribution >= 0.6 is 0 Å². The summed E-state index contributed by atoms with van der Waals surface area (Å²) in [5, 5.41) is 9.30. The van der Waals surface area contributed by atoms with Crippen LogP contribution < -0.4 is 4.74 Å². The molecular formula is C23H31F3O3. The largest absolute Gasteiger partial charge is 0.508 e. The van der Waals surface area contributed by atoms with E-state index in [0.717, 1.165) is 51.4 Å². The Bertz CT molecular complexity index is 640. The highest BCUT2D eigenvalue weighted by Crippen LogP contribution is 2.42. The van der Waals surface area contributed by atoms with Crippen LogP contribution in [0.5, 0.6) is 11.5 Å². The van der Waals surface area contributed by atoms with Crippen molar-refractivity contribution in [2.75, 3.05) is 0 Å². The first kappa shape index (κ1) is 22.0. The number of rotatable bonds is 6. The quantitative estimate of drug-likeness (QED) is 0.421. The van der Waals surface area contributed by atoms with E-state index in [1.165, 1.54) is 12.1 Å². The predicted molar refractivity (Wildman–Crippen MR) is 105 cm³/mol. The molecule has 2 aliphatic carbocycles. The first-order valence-corrected chi connectivity index (χ1v) is 10.9. The number of esters is 1. The van der Waals surface area contributed by atoms with Crippen molar-refractivity contribution in [3.8, 4) is 11.5 Å². The monoisotopic (exact) mass is 412 g/mol. The van der Waals surface area contributed by atoms with Crippen molar-refractivity contribution in [3.05, 3.63) is 24.3 Å². The van der Waals surface area contributed by atoms with Gasteiger partial charge < -0.3 is 9.84 Å². The molecule has 0 unspecified atom stereocenters. The van der Waals surface area contributed by atoms with E-state index in [2.05, 4.69) is 0 Å². The molecule has 3 rings (SSSR count). The Balaban J connectivity index is 1.35. The molecule has 0 aliphatic heterocycles. The lowest BCUT2D eigenvalue weighted by atomic mass is 9.68. The number of carbonyl (C=O) groups excluding carboxylic acids is 1. The van der Waals surface area contributed by atoms with Gasteiger partial charge >= 0.3 is 12.1 Å². The number of ether oxygens (including phenoxy) is 1. The lowest BCUT2D eigenvalue weighted by Crippen LogP contribution is -2.30. The van der Waals surface area contributed by atoms with Gasteiger partial charge in [0, 0.05) is 6.42 Å². The van der Waals surface area contributed by atoms with Gasteiger partial charge in [-0.3, -0.25) is 4.79 Å². The van der Waals surface area contributed by atoms with E-state index in [1.807, 2.05) is 0 Å². The molecule has 0 bridgehead atoms. The second-order valence-corrected chi connectivity index (χ2v) is 8.81. The van der Waals surface area contributed by atoms with Gasteiger partial charge in [-0.1, -0.05) is 19.3 Å². The summed E-state index contributed by atoms with van der Waals surface area (Å²) in [6, 6.07) is 6.18. The fraction of sp³-hybridized carbons (Fsp3) is 0.696. The van der Waals surface area contributed by atoms with E-state index in [0.29, 0.717) is 29.9 Å². The summed E-state index contributed by atoms with van der Waals surface area (Å²) in [6.07, 6.45) is 4.33. The maximum atomic E-state index is 12.4. The van der Waals surface area contributed by atoms with Gasteiger partial charge in [0.2, 0.25) is 0 Å². The molecule has 1 aromatic carbocycles. The summed E-state index contributed by atoms with van der Waals surface area (Å²) in [5.41, 5.74) is 0. The number of alkyl halides is 3. The lowest BCUT2D eigenvalue weighted by Gasteiger charge is -2.37. The summed E-state index contributed by atoms with van der Waals surface area (Å²) in [6.45, 7) is 0. The topological polar surface area (TPSA) is 46.5 Å². The average molecular weight is 412 g/mol. The zero-order valence-electron chi connectivity index (χ0n) is 16.8. The van der Waals surface area contributed by atoms with Gasteiger partial charge in [0.25, 0.3) is 0 Å². The maximum absolute atomic E-state index is 12.4. The van der Waals surface area contributed by atoms with Crippen molar-refractivity contribution in [2.24, 2.45) is 23.7 Å². The Morgan fingerprint density at radius 2 is 1.48 bits per heavy atom. The molecule has 0 heterocycles. The maximum Gasteiger partial charge on any atom is 0.389 e. The highest BCUT2D eigenvalue weighted by Gasteiger charge is 2.34. The standard InChI is InChI=1S/C23H31F3O3/c24-23(25,26)15-1-2-16-3-5-17(6-4-16)18-7-9-19(10-8-18)22(28)29-21-13-11-20(27)12-14-21/h11-14,16-19,27H,1-10,15H2. The molecular weight excluding hydrogens is 381 g/mol. The molecule has 0 saturated heterocycles. The number of benzene rings is 1. The van der Waals surface area contributed by atoms with Crippen LogP contribution in [0.25, 0.3) is 0 Å².